The van der Waals surface area contributed by atoms with Crippen LogP contribution in [-0.4, -0.2) is 0 Å². The first-order chi connectivity index (χ1) is 24.7. The highest BCUT2D eigenvalue weighted by Gasteiger charge is 2.53. The molecule has 2 atom stereocenters. The van der Waals surface area contributed by atoms with E-state index in [-0.39, 0.29) is 0 Å². The van der Waals surface area contributed by atoms with Crippen molar-refractivity contribution in [2.45, 2.75) is 17.8 Å². The molecule has 11 rings (SSSR count). The van der Waals surface area contributed by atoms with Crippen molar-refractivity contribution < 1.29 is 4.74 Å². The largest absolute Gasteiger partial charge is 0.457 e. The zero-order valence-corrected chi connectivity index (χ0v) is 27.7. The van der Waals surface area contributed by atoms with E-state index in [2.05, 4.69) is 183 Å². The fourth-order valence-electron chi connectivity index (χ4n) is 9.70. The highest BCUT2D eigenvalue weighted by molar-refractivity contribution is 6.07. The minimum Gasteiger partial charge on any atom is -0.457 e. The van der Waals surface area contributed by atoms with Crippen molar-refractivity contribution in [2.24, 2.45) is 0 Å². The molecule has 0 amide bonds. The second-order valence-electron chi connectivity index (χ2n) is 14.1. The molecule has 0 aromatic heterocycles. The van der Waals surface area contributed by atoms with Crippen molar-refractivity contribution in [2.75, 3.05) is 0 Å². The van der Waals surface area contributed by atoms with Gasteiger partial charge in [0.25, 0.3) is 0 Å². The topological polar surface area (TPSA) is 9.23 Å². The zero-order valence-electron chi connectivity index (χ0n) is 27.7. The maximum absolute atomic E-state index is 6.66. The van der Waals surface area contributed by atoms with Crippen LogP contribution in [0.25, 0.3) is 44.2 Å². The molecule has 0 N–H and O–H groups in total. The number of ether oxygens (including phenoxy) is 1. The standard InChI is InChI=1S/C49H32O/c1-48(33-15-3-2-4-16-33)41-24-11-12-25-44(41)50-45-29-27-32(30-43(45)48)35-20-13-21-37-36-18-7-9-22-39(36)49(47(35)37)40-23-10-8-19-38(40)46-34-17-6-5-14-31(34)26-28-42(46)49/h2-30H,1H3. The summed E-state index contributed by atoms with van der Waals surface area (Å²) in [6.45, 7) is 2.35. The van der Waals surface area contributed by atoms with Gasteiger partial charge in [-0.2, -0.15) is 0 Å². The van der Waals surface area contributed by atoms with Gasteiger partial charge in [-0.1, -0.05) is 158 Å². The van der Waals surface area contributed by atoms with Gasteiger partial charge in [0.2, 0.25) is 0 Å². The van der Waals surface area contributed by atoms with Crippen LogP contribution in [0.2, 0.25) is 0 Å². The molecule has 3 aliphatic rings. The third-order valence-electron chi connectivity index (χ3n) is 11.8. The molecule has 1 heterocycles. The van der Waals surface area contributed by atoms with Gasteiger partial charge in [0.1, 0.15) is 11.5 Å². The van der Waals surface area contributed by atoms with Gasteiger partial charge in [0, 0.05) is 16.5 Å². The van der Waals surface area contributed by atoms with Crippen LogP contribution < -0.4 is 4.74 Å². The summed E-state index contributed by atoms with van der Waals surface area (Å²) >= 11 is 0. The van der Waals surface area contributed by atoms with Gasteiger partial charge in [-0.3, -0.25) is 0 Å². The van der Waals surface area contributed by atoms with Crippen molar-refractivity contribution in [3.05, 3.63) is 215 Å². The van der Waals surface area contributed by atoms with Crippen LogP contribution in [0.3, 0.4) is 0 Å². The van der Waals surface area contributed by atoms with Crippen molar-refractivity contribution in [3.63, 3.8) is 0 Å². The maximum atomic E-state index is 6.66. The van der Waals surface area contributed by atoms with E-state index in [1.807, 2.05) is 0 Å². The molecule has 0 radical (unpaired) electrons. The minimum atomic E-state index is -0.458. The Balaban J connectivity index is 1.23. The lowest BCUT2D eigenvalue weighted by Gasteiger charge is -2.38. The van der Waals surface area contributed by atoms with E-state index in [0.717, 1.165) is 11.5 Å². The number of rotatable bonds is 2. The molecule has 1 heteroatoms. The lowest BCUT2D eigenvalue weighted by Crippen LogP contribution is -2.29. The Bertz CT molecular complexity index is 2700. The van der Waals surface area contributed by atoms with Crippen LogP contribution >= 0.6 is 0 Å². The Labute approximate surface area is 292 Å². The van der Waals surface area contributed by atoms with Gasteiger partial charge in [-0.25, -0.2) is 0 Å². The van der Waals surface area contributed by atoms with Crippen molar-refractivity contribution >= 4 is 10.8 Å². The second-order valence-corrected chi connectivity index (χ2v) is 14.1. The average molecular weight is 637 g/mol. The number of benzene rings is 8. The first-order valence-electron chi connectivity index (χ1n) is 17.5. The van der Waals surface area contributed by atoms with E-state index in [9.17, 15) is 0 Å². The summed E-state index contributed by atoms with van der Waals surface area (Å²) in [6.07, 6.45) is 0. The Morgan fingerprint density at radius 3 is 1.92 bits per heavy atom. The van der Waals surface area contributed by atoms with E-state index in [1.165, 1.54) is 83.1 Å². The first kappa shape index (κ1) is 27.7. The van der Waals surface area contributed by atoms with E-state index in [4.69, 9.17) is 4.74 Å². The molecule has 1 aliphatic heterocycles. The number of fused-ring (bicyclic) bond motifs is 14. The molecule has 8 aromatic carbocycles. The Morgan fingerprint density at radius 2 is 1.06 bits per heavy atom. The van der Waals surface area contributed by atoms with Gasteiger partial charge in [0.05, 0.1) is 5.41 Å². The fraction of sp³-hybridized carbons (Fsp3) is 0.0612. The lowest BCUT2D eigenvalue weighted by atomic mass is 9.67. The van der Waals surface area contributed by atoms with Gasteiger partial charge in [0.15, 0.2) is 0 Å². The summed E-state index contributed by atoms with van der Waals surface area (Å²) in [5.41, 5.74) is 15.9. The summed E-state index contributed by atoms with van der Waals surface area (Å²) in [5, 5.41) is 2.58. The van der Waals surface area contributed by atoms with Crippen LogP contribution in [0.4, 0.5) is 0 Å². The smallest absolute Gasteiger partial charge is 0.131 e. The molecule has 2 unspecified atom stereocenters. The van der Waals surface area contributed by atoms with Crippen molar-refractivity contribution in [1.82, 2.24) is 0 Å². The molecule has 0 bridgehead atoms. The Hall–Kier alpha value is -6.18. The summed E-state index contributed by atoms with van der Waals surface area (Å²) in [6, 6.07) is 65.0. The molecular formula is C49H32O. The molecule has 1 nitrogen and oxygen atoms in total. The van der Waals surface area contributed by atoms with E-state index in [1.54, 1.807) is 0 Å². The molecule has 0 saturated heterocycles. The molecular weight excluding hydrogens is 605 g/mol. The summed E-state index contributed by atoms with van der Waals surface area (Å²) in [4.78, 5) is 0. The lowest BCUT2D eigenvalue weighted by molar-refractivity contribution is 0.427. The quantitative estimate of drug-likeness (QED) is 0.183. The SMILES string of the molecule is CC1(c2ccccc2)c2ccccc2Oc2ccc(-c3cccc4c3C3(c5ccccc5-4)c4ccccc4-c4c3ccc3ccccc43)cc21. The first-order valence-corrected chi connectivity index (χ1v) is 17.5. The summed E-state index contributed by atoms with van der Waals surface area (Å²) in [7, 11) is 0. The molecule has 8 aromatic rings. The Kier molecular flexibility index (Phi) is 5.51. The van der Waals surface area contributed by atoms with E-state index in [0.29, 0.717) is 0 Å². The summed E-state index contributed by atoms with van der Waals surface area (Å²) < 4.78 is 6.66. The predicted molar refractivity (Wildman–Crippen MR) is 204 cm³/mol. The van der Waals surface area contributed by atoms with E-state index < -0.39 is 10.8 Å². The number of para-hydroxylation sites is 1. The summed E-state index contributed by atoms with van der Waals surface area (Å²) in [5.74, 6) is 1.83. The van der Waals surface area contributed by atoms with Gasteiger partial charge >= 0.3 is 0 Å². The highest BCUT2D eigenvalue weighted by Crippen LogP contribution is 2.65. The molecule has 0 fully saturated rings. The van der Waals surface area contributed by atoms with Crippen molar-refractivity contribution in [3.8, 4) is 44.9 Å². The number of hydrogen-bond donors (Lipinski definition) is 0. The molecule has 1 spiro atoms. The van der Waals surface area contributed by atoms with Crippen LogP contribution in [0, 0.1) is 0 Å². The molecule has 2 aliphatic carbocycles. The highest BCUT2D eigenvalue weighted by atomic mass is 16.5. The minimum absolute atomic E-state index is 0.397. The van der Waals surface area contributed by atoms with E-state index >= 15 is 0 Å². The molecule has 234 valence electrons. The molecule has 50 heavy (non-hydrogen) atoms. The fourth-order valence-corrected chi connectivity index (χ4v) is 9.70. The van der Waals surface area contributed by atoms with Crippen LogP contribution in [0.1, 0.15) is 45.9 Å². The van der Waals surface area contributed by atoms with Crippen LogP contribution in [-0.2, 0) is 10.8 Å². The average Bonchev–Trinajstić information content (AvgIpc) is 3.66. The monoisotopic (exact) mass is 636 g/mol. The third kappa shape index (κ3) is 3.37. The van der Waals surface area contributed by atoms with Gasteiger partial charge < -0.3 is 4.74 Å². The predicted octanol–water partition coefficient (Wildman–Crippen LogP) is 12.3. The van der Waals surface area contributed by atoms with Gasteiger partial charge in [-0.15, -0.1) is 0 Å². The van der Waals surface area contributed by atoms with Gasteiger partial charge in [-0.05, 0) is 97.1 Å². The normalized spacial score (nSPS) is 18.8. The maximum Gasteiger partial charge on any atom is 0.131 e. The number of hydrogen-bond acceptors (Lipinski definition) is 1. The second kappa shape index (κ2) is 9.94. The third-order valence-corrected chi connectivity index (χ3v) is 11.8. The van der Waals surface area contributed by atoms with Crippen LogP contribution in [0.15, 0.2) is 176 Å². The molecule has 0 saturated carbocycles. The van der Waals surface area contributed by atoms with Crippen molar-refractivity contribution in [1.29, 1.82) is 0 Å². The Morgan fingerprint density at radius 1 is 0.420 bits per heavy atom. The zero-order chi connectivity index (χ0) is 33.0. The van der Waals surface area contributed by atoms with Crippen LogP contribution in [0.5, 0.6) is 11.5 Å².